The monoisotopic (exact) mass is 533 g/mol. The number of rotatable bonds is 5. The normalized spacial score (nSPS) is 18.0. The molecule has 9 heteroatoms. The van der Waals surface area contributed by atoms with E-state index in [0.29, 0.717) is 40.5 Å². The van der Waals surface area contributed by atoms with Gasteiger partial charge in [-0.15, -0.1) is 0 Å². The highest BCUT2D eigenvalue weighted by atomic mass is 35.5. The van der Waals surface area contributed by atoms with Crippen molar-refractivity contribution in [2.45, 2.75) is 0 Å². The second-order valence-electron chi connectivity index (χ2n) is 8.68. The van der Waals surface area contributed by atoms with Gasteiger partial charge in [-0.2, -0.15) is 4.31 Å². The van der Waals surface area contributed by atoms with Crippen molar-refractivity contribution < 1.29 is 18.0 Å². The highest BCUT2D eigenvalue weighted by Gasteiger charge is 2.37. The van der Waals surface area contributed by atoms with Gasteiger partial charge in [-0.05, 0) is 29.8 Å². The summed E-state index contributed by atoms with van der Waals surface area (Å²) in [5.74, 6) is -0.912. The summed E-state index contributed by atoms with van der Waals surface area (Å²) in [5, 5.41) is 1.52. The van der Waals surface area contributed by atoms with Gasteiger partial charge in [0.1, 0.15) is 0 Å². The Morgan fingerprint density at radius 3 is 2.05 bits per heavy atom. The number of nitrogens with zero attached hydrogens (tertiary/aromatic N) is 3. The van der Waals surface area contributed by atoms with Gasteiger partial charge in [-0.25, -0.2) is 13.3 Å². The van der Waals surface area contributed by atoms with E-state index in [4.69, 9.17) is 11.6 Å². The third-order valence-electron chi connectivity index (χ3n) is 6.35. The quantitative estimate of drug-likeness (QED) is 0.357. The average molecular weight is 534 g/mol. The number of piperazine rings is 1. The van der Waals surface area contributed by atoms with E-state index in [1.54, 1.807) is 60.8 Å². The van der Waals surface area contributed by atoms with Crippen LogP contribution in [0.15, 0.2) is 90.5 Å². The van der Waals surface area contributed by atoms with Crippen molar-refractivity contribution in [3.63, 3.8) is 0 Å². The molecule has 5 rings (SSSR count). The van der Waals surface area contributed by atoms with Gasteiger partial charge < -0.3 is 4.90 Å². The lowest BCUT2D eigenvalue weighted by atomic mass is 9.93. The molecule has 0 N–H and O–H groups in total. The van der Waals surface area contributed by atoms with Gasteiger partial charge in [0.15, 0.2) is 0 Å². The Morgan fingerprint density at radius 2 is 1.35 bits per heavy atom. The van der Waals surface area contributed by atoms with Crippen LogP contribution in [0.1, 0.15) is 21.5 Å². The smallest absolute Gasteiger partial charge is 0.267 e. The minimum Gasteiger partial charge on any atom is -0.374 e. The van der Waals surface area contributed by atoms with Crippen LogP contribution in [0.2, 0.25) is 5.02 Å². The van der Waals surface area contributed by atoms with Crippen molar-refractivity contribution in [2.24, 2.45) is 0 Å². The van der Waals surface area contributed by atoms with Crippen molar-refractivity contribution in [1.29, 1.82) is 0 Å². The molecule has 2 aliphatic rings. The molecule has 0 spiro atoms. The maximum Gasteiger partial charge on any atom is 0.267 e. The summed E-state index contributed by atoms with van der Waals surface area (Å²) in [6, 6.07) is 22.9. The molecule has 0 saturated carbocycles. The Morgan fingerprint density at radius 1 is 0.730 bits per heavy atom. The molecule has 1 saturated heterocycles. The molecule has 0 bridgehead atoms. The Kier molecular flexibility index (Phi) is 6.97. The second kappa shape index (κ2) is 10.3. The fourth-order valence-electron chi connectivity index (χ4n) is 4.41. The van der Waals surface area contributed by atoms with Gasteiger partial charge in [-0.3, -0.25) is 9.59 Å². The molecule has 3 aromatic rings. The minimum absolute atomic E-state index is 0.272. The molecule has 2 aliphatic heterocycles. The van der Waals surface area contributed by atoms with Gasteiger partial charge in [0.2, 0.25) is 10.0 Å². The summed E-state index contributed by atoms with van der Waals surface area (Å²) in [7, 11) is -3.58. The van der Waals surface area contributed by atoms with Crippen LogP contribution in [0.25, 0.3) is 11.6 Å². The molecule has 2 amide bonds. The number of amides is 2. The van der Waals surface area contributed by atoms with Gasteiger partial charge in [0.05, 0.1) is 16.3 Å². The van der Waals surface area contributed by atoms with Crippen LogP contribution in [0.3, 0.4) is 0 Å². The Bertz CT molecular complexity index is 1510. The number of fused-ring (bicyclic) bond motifs is 1. The molecule has 2 heterocycles. The largest absolute Gasteiger partial charge is 0.374 e. The lowest BCUT2D eigenvalue weighted by Gasteiger charge is -2.34. The van der Waals surface area contributed by atoms with Gasteiger partial charge in [0, 0.05) is 48.9 Å². The number of carbonyl (C=O) groups is 2. The predicted molar refractivity (Wildman–Crippen MR) is 145 cm³/mol. The van der Waals surface area contributed by atoms with Crippen LogP contribution in [0, 0.1) is 0 Å². The maximum absolute atomic E-state index is 13.6. The van der Waals surface area contributed by atoms with E-state index in [1.165, 1.54) is 9.71 Å². The van der Waals surface area contributed by atoms with E-state index in [-0.39, 0.29) is 13.1 Å². The van der Waals surface area contributed by atoms with Crippen molar-refractivity contribution in [3.8, 4) is 0 Å². The first-order valence-electron chi connectivity index (χ1n) is 11.8. The standard InChI is InChI=1S/C28H24ClN3O4S/c29-25-12-6-7-13-26(25)32-27(33)23-11-5-4-10-22(23)24(28(32)34)20-30-15-17-31(18-16-30)37(35,36)19-14-21-8-2-1-3-9-21/h1-14,19-20H,15-18H2/b19-14+,24-20+. The van der Waals surface area contributed by atoms with Crippen molar-refractivity contribution in [2.75, 3.05) is 31.1 Å². The third kappa shape index (κ3) is 5.09. The molecule has 37 heavy (non-hydrogen) atoms. The van der Waals surface area contributed by atoms with Gasteiger partial charge in [0.25, 0.3) is 11.8 Å². The maximum atomic E-state index is 13.6. The van der Waals surface area contributed by atoms with Crippen LogP contribution in [-0.2, 0) is 14.8 Å². The summed E-state index contributed by atoms with van der Waals surface area (Å²) < 4.78 is 27.1. The van der Waals surface area contributed by atoms with Crippen LogP contribution in [-0.4, -0.2) is 55.6 Å². The molecule has 0 aliphatic carbocycles. The number of para-hydroxylation sites is 1. The average Bonchev–Trinajstić information content (AvgIpc) is 2.92. The van der Waals surface area contributed by atoms with E-state index in [1.807, 2.05) is 35.2 Å². The molecule has 0 aromatic heterocycles. The van der Waals surface area contributed by atoms with Crippen molar-refractivity contribution in [3.05, 3.63) is 112 Å². The molecule has 3 aromatic carbocycles. The molecular weight excluding hydrogens is 510 g/mol. The summed E-state index contributed by atoms with van der Waals surface area (Å²) >= 11 is 6.33. The van der Waals surface area contributed by atoms with Crippen LogP contribution >= 0.6 is 11.6 Å². The summed E-state index contributed by atoms with van der Waals surface area (Å²) in [6.45, 7) is 1.34. The van der Waals surface area contributed by atoms with Crippen LogP contribution in [0.5, 0.6) is 0 Å². The fourth-order valence-corrected chi connectivity index (χ4v) is 5.81. The van der Waals surface area contributed by atoms with E-state index >= 15 is 0 Å². The zero-order valence-electron chi connectivity index (χ0n) is 19.8. The third-order valence-corrected chi connectivity index (χ3v) is 8.24. The molecule has 1 fully saturated rings. The number of hydrogen-bond donors (Lipinski definition) is 0. The first-order chi connectivity index (χ1) is 17.8. The highest BCUT2D eigenvalue weighted by Crippen LogP contribution is 2.35. The minimum atomic E-state index is -3.58. The van der Waals surface area contributed by atoms with Crippen molar-refractivity contribution in [1.82, 2.24) is 9.21 Å². The number of halogens is 1. The Hall–Kier alpha value is -3.72. The van der Waals surface area contributed by atoms with E-state index < -0.39 is 21.8 Å². The molecule has 188 valence electrons. The number of hydrogen-bond acceptors (Lipinski definition) is 5. The number of benzene rings is 3. The van der Waals surface area contributed by atoms with Crippen LogP contribution < -0.4 is 4.90 Å². The number of carbonyl (C=O) groups excluding carboxylic acids is 2. The molecule has 0 atom stereocenters. The Labute approximate surface area is 220 Å². The van der Waals surface area contributed by atoms with E-state index in [2.05, 4.69) is 0 Å². The predicted octanol–water partition coefficient (Wildman–Crippen LogP) is 4.49. The van der Waals surface area contributed by atoms with E-state index in [0.717, 1.165) is 10.5 Å². The van der Waals surface area contributed by atoms with E-state index in [9.17, 15) is 18.0 Å². The summed E-state index contributed by atoms with van der Waals surface area (Å²) in [5.41, 5.74) is 2.43. The number of imide groups is 1. The lowest BCUT2D eigenvalue weighted by molar-refractivity contribution is -0.112. The SMILES string of the molecule is O=C1/C(=C/N2CCN(S(=O)(=O)/C=C/c3ccccc3)CC2)c2ccccc2C(=O)N1c1ccccc1Cl. The highest BCUT2D eigenvalue weighted by molar-refractivity contribution is 7.92. The Balaban J connectivity index is 1.38. The van der Waals surface area contributed by atoms with Crippen molar-refractivity contribution >= 4 is 50.8 Å². The molecule has 7 nitrogen and oxygen atoms in total. The molecule has 0 unspecified atom stereocenters. The van der Waals surface area contributed by atoms with Crippen LogP contribution in [0.4, 0.5) is 5.69 Å². The summed E-state index contributed by atoms with van der Waals surface area (Å²) in [6.07, 6.45) is 3.31. The second-order valence-corrected chi connectivity index (χ2v) is 10.9. The fraction of sp³-hybridized carbons (Fsp3) is 0.143. The first kappa shape index (κ1) is 25.0. The number of anilines is 1. The lowest BCUT2D eigenvalue weighted by Crippen LogP contribution is -2.47. The zero-order valence-corrected chi connectivity index (χ0v) is 21.4. The number of sulfonamides is 1. The van der Waals surface area contributed by atoms with Gasteiger partial charge >= 0.3 is 0 Å². The summed E-state index contributed by atoms with van der Waals surface area (Å²) in [4.78, 5) is 29.9. The topological polar surface area (TPSA) is 78.0 Å². The van der Waals surface area contributed by atoms with Gasteiger partial charge in [-0.1, -0.05) is 72.3 Å². The zero-order chi connectivity index (χ0) is 26.0. The molecule has 0 radical (unpaired) electrons. The molecular formula is C28H24ClN3O4S. The first-order valence-corrected chi connectivity index (χ1v) is 13.7.